The fourth-order valence-electron chi connectivity index (χ4n) is 2.47. The lowest BCUT2D eigenvalue weighted by Gasteiger charge is -2.30. The molecule has 128 valence electrons. The van der Waals surface area contributed by atoms with Crippen molar-refractivity contribution in [2.75, 3.05) is 24.2 Å². The summed E-state index contributed by atoms with van der Waals surface area (Å²) in [7, 11) is -3.30. The highest BCUT2D eigenvalue weighted by Gasteiger charge is 2.31. The third kappa shape index (κ3) is 4.52. The van der Waals surface area contributed by atoms with E-state index in [1.54, 1.807) is 6.92 Å². The molecule has 1 aromatic rings. The number of carboxylic acids is 1. The van der Waals surface area contributed by atoms with Gasteiger partial charge >= 0.3 is 5.97 Å². The van der Waals surface area contributed by atoms with Crippen molar-refractivity contribution in [1.82, 2.24) is 14.1 Å². The van der Waals surface area contributed by atoms with Gasteiger partial charge in [0.1, 0.15) is 6.54 Å². The molecule has 0 bridgehead atoms. The zero-order valence-corrected chi connectivity index (χ0v) is 13.6. The zero-order chi connectivity index (χ0) is 17.0. The molecule has 0 radical (unpaired) electrons. The van der Waals surface area contributed by atoms with Crippen LogP contribution in [0.2, 0.25) is 0 Å². The fraction of sp³-hybridized carbons (Fsp3) is 0.615. The normalized spacial score (nSPS) is 19.4. The first-order valence-corrected chi connectivity index (χ1v) is 8.96. The van der Waals surface area contributed by atoms with E-state index in [4.69, 9.17) is 5.11 Å². The van der Waals surface area contributed by atoms with Gasteiger partial charge in [-0.2, -0.15) is 5.10 Å². The molecule has 0 spiro atoms. The Labute approximate surface area is 134 Å². The second-order valence-electron chi connectivity index (χ2n) is 5.38. The summed E-state index contributed by atoms with van der Waals surface area (Å²) in [6.07, 6.45) is 2.70. The molecule has 2 heterocycles. The number of sulfonamides is 1. The molecule has 10 heteroatoms. The predicted octanol–water partition coefficient (Wildman–Crippen LogP) is -0.0321. The van der Waals surface area contributed by atoms with E-state index >= 15 is 0 Å². The molecule has 1 aromatic heterocycles. The average molecular weight is 344 g/mol. The molecular formula is C13H20N4O5S. The summed E-state index contributed by atoms with van der Waals surface area (Å²) in [6.45, 7) is 1.89. The standard InChI is InChI=1S/C13H20N4O5S/c1-2-23(21,22)17-6-3-4-10(8-17)13(20)14-11-5-7-16(15-11)9-12(18)19/h5,7,10H,2-4,6,8-9H2,1H3,(H,18,19)(H,14,15,20). The summed E-state index contributed by atoms with van der Waals surface area (Å²) in [5.74, 6) is -1.50. The van der Waals surface area contributed by atoms with Crippen LogP contribution in [-0.4, -0.2) is 58.3 Å². The van der Waals surface area contributed by atoms with Crippen molar-refractivity contribution in [2.24, 2.45) is 5.92 Å². The Morgan fingerprint density at radius 2 is 2.22 bits per heavy atom. The van der Waals surface area contributed by atoms with Crippen LogP contribution < -0.4 is 5.32 Å². The van der Waals surface area contributed by atoms with Crippen molar-refractivity contribution in [3.63, 3.8) is 0 Å². The summed E-state index contributed by atoms with van der Waals surface area (Å²) in [5, 5.41) is 15.2. The van der Waals surface area contributed by atoms with Gasteiger partial charge in [0.05, 0.1) is 11.7 Å². The number of nitrogens with zero attached hydrogens (tertiary/aromatic N) is 3. The van der Waals surface area contributed by atoms with Gasteiger partial charge in [0.25, 0.3) is 0 Å². The van der Waals surface area contributed by atoms with E-state index in [2.05, 4.69) is 10.4 Å². The molecule has 1 atom stereocenters. The second-order valence-corrected chi connectivity index (χ2v) is 7.64. The van der Waals surface area contributed by atoms with E-state index < -0.39 is 21.9 Å². The number of hydrogen-bond donors (Lipinski definition) is 2. The lowest BCUT2D eigenvalue weighted by atomic mass is 9.99. The first kappa shape index (κ1) is 17.4. The van der Waals surface area contributed by atoms with Gasteiger partial charge in [0, 0.05) is 25.4 Å². The molecule has 1 unspecified atom stereocenters. The Kier molecular flexibility index (Phi) is 5.37. The summed E-state index contributed by atoms with van der Waals surface area (Å²) < 4.78 is 26.4. The number of hydrogen-bond acceptors (Lipinski definition) is 5. The first-order valence-electron chi connectivity index (χ1n) is 7.35. The van der Waals surface area contributed by atoms with Gasteiger partial charge in [-0.3, -0.25) is 14.3 Å². The van der Waals surface area contributed by atoms with Crippen LogP contribution in [0.15, 0.2) is 12.3 Å². The summed E-state index contributed by atoms with van der Waals surface area (Å²) in [5.41, 5.74) is 0. The molecular weight excluding hydrogens is 324 g/mol. The number of anilines is 1. The summed E-state index contributed by atoms with van der Waals surface area (Å²) in [6, 6.07) is 1.50. The van der Waals surface area contributed by atoms with Gasteiger partial charge in [0.15, 0.2) is 5.82 Å². The Morgan fingerprint density at radius 3 is 2.87 bits per heavy atom. The number of rotatable bonds is 6. The van der Waals surface area contributed by atoms with E-state index in [0.29, 0.717) is 19.4 Å². The van der Waals surface area contributed by atoms with Gasteiger partial charge in [-0.25, -0.2) is 12.7 Å². The minimum Gasteiger partial charge on any atom is -0.480 e. The molecule has 1 saturated heterocycles. The van der Waals surface area contributed by atoms with Crippen LogP contribution >= 0.6 is 0 Å². The smallest absolute Gasteiger partial charge is 0.325 e. The maximum Gasteiger partial charge on any atom is 0.325 e. The molecule has 2 rings (SSSR count). The Morgan fingerprint density at radius 1 is 1.48 bits per heavy atom. The summed E-state index contributed by atoms with van der Waals surface area (Å²) in [4.78, 5) is 22.9. The second kappa shape index (κ2) is 7.09. The van der Waals surface area contributed by atoms with E-state index in [1.165, 1.54) is 21.3 Å². The number of carbonyl (C=O) groups excluding carboxylic acids is 1. The van der Waals surface area contributed by atoms with Crippen molar-refractivity contribution in [2.45, 2.75) is 26.3 Å². The average Bonchev–Trinajstić information content (AvgIpc) is 2.93. The topological polar surface area (TPSA) is 122 Å². The quantitative estimate of drug-likeness (QED) is 0.747. The molecule has 2 N–H and O–H groups in total. The number of aromatic nitrogens is 2. The zero-order valence-electron chi connectivity index (χ0n) is 12.8. The lowest BCUT2D eigenvalue weighted by Crippen LogP contribution is -2.44. The van der Waals surface area contributed by atoms with Crippen LogP contribution in [0.1, 0.15) is 19.8 Å². The molecule has 0 saturated carbocycles. The molecule has 0 aromatic carbocycles. The van der Waals surface area contributed by atoms with E-state index in [9.17, 15) is 18.0 Å². The maximum atomic E-state index is 12.3. The van der Waals surface area contributed by atoms with Crippen LogP contribution in [-0.2, 0) is 26.2 Å². The molecule has 1 aliphatic rings. The molecule has 1 fully saturated rings. The number of carboxylic acid groups (broad SMARTS) is 1. The Balaban J connectivity index is 1.97. The Bertz CT molecular complexity index is 684. The molecule has 0 aliphatic carbocycles. The molecule has 9 nitrogen and oxygen atoms in total. The monoisotopic (exact) mass is 344 g/mol. The largest absolute Gasteiger partial charge is 0.480 e. The highest BCUT2D eigenvalue weighted by atomic mass is 32.2. The molecule has 1 aliphatic heterocycles. The number of amides is 1. The van der Waals surface area contributed by atoms with Gasteiger partial charge in [-0.05, 0) is 19.8 Å². The number of piperidine rings is 1. The van der Waals surface area contributed by atoms with E-state index in [0.717, 1.165) is 0 Å². The molecule has 23 heavy (non-hydrogen) atoms. The van der Waals surface area contributed by atoms with Crippen LogP contribution in [0.3, 0.4) is 0 Å². The highest BCUT2D eigenvalue weighted by Crippen LogP contribution is 2.20. The number of aliphatic carboxylic acids is 1. The predicted molar refractivity (Wildman–Crippen MR) is 82.3 cm³/mol. The third-order valence-electron chi connectivity index (χ3n) is 3.70. The minimum absolute atomic E-state index is 0.0148. The van der Waals surface area contributed by atoms with Crippen LogP contribution in [0, 0.1) is 5.92 Å². The maximum absolute atomic E-state index is 12.3. The number of carbonyl (C=O) groups is 2. The van der Waals surface area contributed by atoms with Crippen molar-refractivity contribution in [3.8, 4) is 0 Å². The molecule has 1 amide bonds. The minimum atomic E-state index is -3.30. The van der Waals surface area contributed by atoms with Gasteiger partial charge in [-0.15, -0.1) is 0 Å². The lowest BCUT2D eigenvalue weighted by molar-refractivity contribution is -0.137. The van der Waals surface area contributed by atoms with Crippen molar-refractivity contribution < 1.29 is 23.1 Å². The third-order valence-corrected chi connectivity index (χ3v) is 5.55. The SMILES string of the molecule is CCS(=O)(=O)N1CCCC(C(=O)Nc2ccn(CC(=O)O)n2)C1. The van der Waals surface area contributed by atoms with Gasteiger partial charge in [-0.1, -0.05) is 0 Å². The van der Waals surface area contributed by atoms with Gasteiger partial charge in [0.2, 0.25) is 15.9 Å². The first-order chi connectivity index (χ1) is 10.8. The van der Waals surface area contributed by atoms with E-state index in [1.807, 2.05) is 0 Å². The van der Waals surface area contributed by atoms with Crippen molar-refractivity contribution in [3.05, 3.63) is 12.3 Å². The Hall–Kier alpha value is -1.94. The number of nitrogens with one attached hydrogen (secondary N) is 1. The van der Waals surface area contributed by atoms with Crippen LogP contribution in [0.5, 0.6) is 0 Å². The summed E-state index contributed by atoms with van der Waals surface area (Å²) >= 11 is 0. The van der Waals surface area contributed by atoms with Crippen molar-refractivity contribution >= 4 is 27.7 Å². The van der Waals surface area contributed by atoms with Crippen molar-refractivity contribution in [1.29, 1.82) is 0 Å². The highest BCUT2D eigenvalue weighted by molar-refractivity contribution is 7.89. The van der Waals surface area contributed by atoms with E-state index in [-0.39, 0.29) is 30.6 Å². The van der Waals surface area contributed by atoms with Gasteiger partial charge < -0.3 is 10.4 Å². The fourth-order valence-corrected chi connectivity index (χ4v) is 3.65. The van der Waals surface area contributed by atoms with Crippen LogP contribution in [0.4, 0.5) is 5.82 Å². The van der Waals surface area contributed by atoms with Crippen LogP contribution in [0.25, 0.3) is 0 Å².